The minimum absolute atomic E-state index is 0.00248. The van der Waals surface area contributed by atoms with Gasteiger partial charge in [0.25, 0.3) is 5.89 Å². The van der Waals surface area contributed by atoms with Gasteiger partial charge >= 0.3 is 5.97 Å². The summed E-state index contributed by atoms with van der Waals surface area (Å²) in [6.45, 7) is 4.37. The first-order chi connectivity index (χ1) is 10.0. The van der Waals surface area contributed by atoms with Crippen molar-refractivity contribution < 1.29 is 19.2 Å². The fourth-order valence-electron chi connectivity index (χ4n) is 1.82. The molecule has 6 heteroatoms. The molecular formula is C15H18N2O4. The van der Waals surface area contributed by atoms with Gasteiger partial charge in [0, 0.05) is 6.42 Å². The number of rotatable bonds is 7. The monoisotopic (exact) mass is 290 g/mol. The van der Waals surface area contributed by atoms with Crippen molar-refractivity contribution in [2.24, 2.45) is 5.92 Å². The average molecular weight is 290 g/mol. The van der Waals surface area contributed by atoms with Gasteiger partial charge < -0.3 is 14.4 Å². The second-order valence-corrected chi connectivity index (χ2v) is 5.21. The number of carboxylic acid groups (broad SMARTS) is 1. The normalized spacial score (nSPS) is 10.8. The Hall–Kier alpha value is -2.37. The second kappa shape index (κ2) is 6.88. The molecule has 1 heterocycles. The molecule has 0 aliphatic carbocycles. The quantitative estimate of drug-likeness (QED) is 0.843. The lowest BCUT2D eigenvalue weighted by atomic mass is 10.1. The minimum atomic E-state index is -0.854. The van der Waals surface area contributed by atoms with Gasteiger partial charge in [-0.3, -0.25) is 4.79 Å². The third-order valence-corrected chi connectivity index (χ3v) is 2.74. The van der Waals surface area contributed by atoms with E-state index in [1.54, 1.807) is 24.3 Å². The van der Waals surface area contributed by atoms with E-state index in [9.17, 15) is 4.79 Å². The number of aliphatic carboxylic acids is 1. The SMILES string of the molecule is CC(C)Cc1noc(COc2ccc(CC(=O)O)cc2)n1. The van der Waals surface area contributed by atoms with Gasteiger partial charge in [0.2, 0.25) is 0 Å². The largest absolute Gasteiger partial charge is 0.484 e. The molecule has 0 aliphatic rings. The van der Waals surface area contributed by atoms with E-state index >= 15 is 0 Å². The molecule has 0 saturated carbocycles. The van der Waals surface area contributed by atoms with Gasteiger partial charge in [0.1, 0.15) is 5.75 Å². The van der Waals surface area contributed by atoms with E-state index in [4.69, 9.17) is 14.4 Å². The molecule has 0 saturated heterocycles. The molecule has 1 N–H and O–H groups in total. The Morgan fingerprint density at radius 1 is 1.33 bits per heavy atom. The van der Waals surface area contributed by atoms with Crippen LogP contribution in [0.25, 0.3) is 0 Å². The van der Waals surface area contributed by atoms with Crippen LogP contribution in [-0.4, -0.2) is 21.2 Å². The van der Waals surface area contributed by atoms with Gasteiger partial charge in [0.15, 0.2) is 12.4 Å². The van der Waals surface area contributed by atoms with Gasteiger partial charge in [-0.05, 0) is 23.6 Å². The summed E-state index contributed by atoms with van der Waals surface area (Å²) in [6, 6.07) is 6.90. The van der Waals surface area contributed by atoms with Crippen molar-refractivity contribution in [1.29, 1.82) is 0 Å². The average Bonchev–Trinajstić information content (AvgIpc) is 2.84. The van der Waals surface area contributed by atoms with Gasteiger partial charge in [-0.2, -0.15) is 4.98 Å². The van der Waals surface area contributed by atoms with Crippen LogP contribution in [0.1, 0.15) is 31.1 Å². The lowest BCUT2D eigenvalue weighted by Crippen LogP contribution is -2.00. The Labute approximate surface area is 122 Å². The summed E-state index contributed by atoms with van der Waals surface area (Å²) >= 11 is 0. The summed E-state index contributed by atoms with van der Waals surface area (Å²) < 4.78 is 10.6. The highest BCUT2D eigenvalue weighted by Crippen LogP contribution is 2.14. The van der Waals surface area contributed by atoms with Crippen LogP contribution in [0.5, 0.6) is 5.75 Å². The molecular weight excluding hydrogens is 272 g/mol. The van der Waals surface area contributed by atoms with E-state index < -0.39 is 5.97 Å². The van der Waals surface area contributed by atoms with Crippen LogP contribution in [0.15, 0.2) is 28.8 Å². The molecule has 0 aliphatic heterocycles. The van der Waals surface area contributed by atoms with Crippen molar-refractivity contribution in [3.05, 3.63) is 41.5 Å². The number of ether oxygens (including phenoxy) is 1. The highest BCUT2D eigenvalue weighted by molar-refractivity contribution is 5.70. The van der Waals surface area contributed by atoms with Gasteiger partial charge in [0.05, 0.1) is 6.42 Å². The van der Waals surface area contributed by atoms with Crippen LogP contribution in [-0.2, 0) is 24.2 Å². The van der Waals surface area contributed by atoms with Crippen molar-refractivity contribution >= 4 is 5.97 Å². The summed E-state index contributed by atoms with van der Waals surface area (Å²) in [5, 5.41) is 12.6. The molecule has 1 aromatic carbocycles. The number of carboxylic acids is 1. The van der Waals surface area contributed by atoms with Crippen LogP contribution < -0.4 is 4.74 Å². The van der Waals surface area contributed by atoms with Crippen LogP contribution in [0.2, 0.25) is 0 Å². The summed E-state index contributed by atoms with van der Waals surface area (Å²) in [4.78, 5) is 14.8. The molecule has 0 fully saturated rings. The van der Waals surface area contributed by atoms with Crippen LogP contribution in [0, 0.1) is 5.92 Å². The molecule has 0 unspecified atom stereocenters. The molecule has 2 rings (SSSR count). The first-order valence-electron chi connectivity index (χ1n) is 6.78. The molecule has 0 bridgehead atoms. The number of nitrogens with zero attached hydrogens (tertiary/aromatic N) is 2. The maximum absolute atomic E-state index is 10.6. The van der Waals surface area contributed by atoms with Crippen molar-refractivity contribution in [3.8, 4) is 5.75 Å². The smallest absolute Gasteiger partial charge is 0.307 e. The predicted molar refractivity (Wildman–Crippen MR) is 75.0 cm³/mol. The zero-order valence-electron chi connectivity index (χ0n) is 12.1. The third kappa shape index (κ3) is 4.91. The molecule has 21 heavy (non-hydrogen) atoms. The molecule has 0 atom stereocenters. The summed E-state index contributed by atoms with van der Waals surface area (Å²) in [6.07, 6.45) is 0.774. The topological polar surface area (TPSA) is 85.5 Å². The van der Waals surface area contributed by atoms with E-state index in [0.717, 1.165) is 12.0 Å². The first-order valence-corrected chi connectivity index (χ1v) is 6.78. The van der Waals surface area contributed by atoms with E-state index in [0.29, 0.717) is 23.4 Å². The molecule has 0 radical (unpaired) electrons. The van der Waals surface area contributed by atoms with Gasteiger partial charge in [-0.15, -0.1) is 0 Å². The summed E-state index contributed by atoms with van der Waals surface area (Å²) in [5.74, 6) is 1.36. The van der Waals surface area contributed by atoms with Gasteiger partial charge in [-0.25, -0.2) is 0 Å². The highest BCUT2D eigenvalue weighted by Gasteiger charge is 2.08. The Morgan fingerprint density at radius 2 is 2.05 bits per heavy atom. The maximum atomic E-state index is 10.6. The fraction of sp³-hybridized carbons (Fsp3) is 0.400. The Kier molecular flexibility index (Phi) is 4.92. The first kappa shape index (κ1) is 15.0. The summed E-state index contributed by atoms with van der Waals surface area (Å²) in [5.41, 5.74) is 0.729. The molecule has 112 valence electrons. The fourth-order valence-corrected chi connectivity index (χ4v) is 1.82. The molecule has 0 spiro atoms. The zero-order chi connectivity index (χ0) is 15.2. The summed E-state index contributed by atoms with van der Waals surface area (Å²) in [7, 11) is 0. The van der Waals surface area contributed by atoms with Crippen LogP contribution in [0.4, 0.5) is 0 Å². The molecule has 0 amide bonds. The van der Waals surface area contributed by atoms with Crippen LogP contribution >= 0.6 is 0 Å². The lowest BCUT2D eigenvalue weighted by Gasteiger charge is -2.03. The third-order valence-electron chi connectivity index (χ3n) is 2.74. The second-order valence-electron chi connectivity index (χ2n) is 5.21. The van der Waals surface area contributed by atoms with Crippen molar-refractivity contribution in [1.82, 2.24) is 10.1 Å². The van der Waals surface area contributed by atoms with Crippen molar-refractivity contribution in [3.63, 3.8) is 0 Å². The predicted octanol–water partition coefficient (Wildman–Crippen LogP) is 2.47. The Morgan fingerprint density at radius 3 is 2.67 bits per heavy atom. The zero-order valence-corrected chi connectivity index (χ0v) is 12.1. The van der Waals surface area contributed by atoms with Crippen molar-refractivity contribution in [2.75, 3.05) is 0 Å². The van der Waals surface area contributed by atoms with E-state index in [2.05, 4.69) is 24.0 Å². The number of benzene rings is 1. The minimum Gasteiger partial charge on any atom is -0.484 e. The van der Waals surface area contributed by atoms with E-state index in [-0.39, 0.29) is 13.0 Å². The van der Waals surface area contributed by atoms with Crippen molar-refractivity contribution in [2.45, 2.75) is 33.3 Å². The highest BCUT2D eigenvalue weighted by atomic mass is 16.5. The van der Waals surface area contributed by atoms with E-state index in [1.165, 1.54) is 0 Å². The Balaban J connectivity index is 1.87. The number of hydrogen-bond donors (Lipinski definition) is 1. The standard InChI is InChI=1S/C15H18N2O4/c1-10(2)7-13-16-14(21-17-13)9-20-12-5-3-11(4-6-12)8-15(18)19/h3-6,10H,7-9H2,1-2H3,(H,18,19). The lowest BCUT2D eigenvalue weighted by molar-refractivity contribution is -0.136. The number of hydrogen-bond acceptors (Lipinski definition) is 5. The Bertz CT molecular complexity index is 590. The molecule has 1 aromatic heterocycles. The number of aromatic nitrogens is 2. The molecule has 6 nitrogen and oxygen atoms in total. The van der Waals surface area contributed by atoms with Crippen LogP contribution in [0.3, 0.4) is 0 Å². The van der Waals surface area contributed by atoms with Gasteiger partial charge in [-0.1, -0.05) is 31.1 Å². The number of carbonyl (C=O) groups is 1. The molecule has 2 aromatic rings. The maximum Gasteiger partial charge on any atom is 0.307 e. The van der Waals surface area contributed by atoms with E-state index in [1.807, 2.05) is 0 Å².